The maximum absolute atomic E-state index is 11.4. The van der Waals surface area contributed by atoms with Gasteiger partial charge in [0.15, 0.2) is 0 Å². The minimum Gasteiger partial charge on any atom is -0.355 e. The third-order valence-electron chi connectivity index (χ3n) is 2.64. The summed E-state index contributed by atoms with van der Waals surface area (Å²) in [5.41, 5.74) is 5.68. The van der Waals surface area contributed by atoms with Crippen LogP contribution in [0, 0.1) is 0 Å². The molecule has 0 saturated heterocycles. The number of likely N-dealkylation sites (N-methyl/N-ethyl adjacent to an activating group) is 1. The minimum atomic E-state index is -0.00664. The van der Waals surface area contributed by atoms with E-state index in [0.29, 0.717) is 19.0 Å². The van der Waals surface area contributed by atoms with E-state index in [9.17, 15) is 4.79 Å². The third-order valence-corrected chi connectivity index (χ3v) is 2.64. The second-order valence-electron chi connectivity index (χ2n) is 4.30. The lowest BCUT2D eigenvalue weighted by Crippen LogP contribution is -2.38. The Morgan fingerprint density at radius 3 is 2.53 bits per heavy atom. The van der Waals surface area contributed by atoms with Crippen LogP contribution in [0.5, 0.6) is 0 Å². The first-order chi connectivity index (χ1) is 6.97. The van der Waals surface area contributed by atoms with Crippen molar-refractivity contribution in [1.82, 2.24) is 10.2 Å². The summed E-state index contributed by atoms with van der Waals surface area (Å²) < 4.78 is 0. The van der Waals surface area contributed by atoms with Crippen LogP contribution in [0.2, 0.25) is 0 Å². The molecule has 0 spiro atoms. The van der Waals surface area contributed by atoms with Crippen LogP contribution >= 0.6 is 0 Å². The van der Waals surface area contributed by atoms with Crippen molar-refractivity contribution in [3.63, 3.8) is 0 Å². The standard InChI is InChI=1S/C11H25N3O/c1-5-10(12)8-11(15)13-6-7-14(4)9(2)3/h9-10H,5-8,12H2,1-4H3,(H,13,15). The number of amides is 1. The van der Waals surface area contributed by atoms with Crippen LogP contribution in [0.1, 0.15) is 33.6 Å². The van der Waals surface area contributed by atoms with E-state index in [1.54, 1.807) is 0 Å². The average Bonchev–Trinajstić information content (AvgIpc) is 2.17. The summed E-state index contributed by atoms with van der Waals surface area (Å²) in [6.45, 7) is 7.84. The summed E-state index contributed by atoms with van der Waals surface area (Å²) >= 11 is 0. The molecule has 0 aromatic heterocycles. The minimum absolute atomic E-state index is 0.00664. The van der Waals surface area contributed by atoms with Crippen molar-refractivity contribution in [2.24, 2.45) is 5.73 Å². The van der Waals surface area contributed by atoms with Gasteiger partial charge >= 0.3 is 0 Å². The fraction of sp³-hybridized carbons (Fsp3) is 0.909. The number of nitrogens with zero attached hydrogens (tertiary/aromatic N) is 1. The number of hydrogen-bond acceptors (Lipinski definition) is 3. The van der Waals surface area contributed by atoms with Crippen molar-refractivity contribution < 1.29 is 4.79 Å². The molecule has 0 fully saturated rings. The lowest BCUT2D eigenvalue weighted by atomic mass is 10.1. The van der Waals surface area contributed by atoms with E-state index in [2.05, 4.69) is 31.1 Å². The van der Waals surface area contributed by atoms with Crippen molar-refractivity contribution in [3.8, 4) is 0 Å². The molecule has 0 rings (SSSR count). The summed E-state index contributed by atoms with van der Waals surface area (Å²) in [5, 5.41) is 2.87. The Morgan fingerprint density at radius 1 is 1.47 bits per heavy atom. The van der Waals surface area contributed by atoms with Gasteiger partial charge in [0.2, 0.25) is 5.91 Å². The van der Waals surface area contributed by atoms with E-state index in [1.807, 2.05) is 6.92 Å². The van der Waals surface area contributed by atoms with Gasteiger partial charge in [0.25, 0.3) is 0 Å². The van der Waals surface area contributed by atoms with E-state index in [-0.39, 0.29) is 11.9 Å². The average molecular weight is 215 g/mol. The van der Waals surface area contributed by atoms with Gasteiger partial charge < -0.3 is 16.0 Å². The monoisotopic (exact) mass is 215 g/mol. The lowest BCUT2D eigenvalue weighted by molar-refractivity contribution is -0.121. The molecule has 0 aliphatic heterocycles. The van der Waals surface area contributed by atoms with E-state index < -0.39 is 0 Å². The zero-order valence-electron chi connectivity index (χ0n) is 10.4. The quantitative estimate of drug-likeness (QED) is 0.653. The highest BCUT2D eigenvalue weighted by molar-refractivity contribution is 5.76. The highest BCUT2D eigenvalue weighted by Gasteiger charge is 2.07. The fourth-order valence-corrected chi connectivity index (χ4v) is 1.08. The first kappa shape index (κ1) is 14.4. The molecule has 0 saturated carbocycles. The molecular formula is C11H25N3O. The topological polar surface area (TPSA) is 58.4 Å². The molecule has 1 atom stereocenters. The molecule has 1 unspecified atom stereocenters. The molecule has 0 bridgehead atoms. The number of carbonyl (C=O) groups excluding carboxylic acids is 1. The predicted octanol–water partition coefficient (Wildman–Crippen LogP) is 0.570. The molecule has 1 amide bonds. The normalized spacial score (nSPS) is 13.3. The molecule has 15 heavy (non-hydrogen) atoms. The summed E-state index contributed by atoms with van der Waals surface area (Å²) in [6, 6.07) is 0.507. The van der Waals surface area contributed by atoms with E-state index in [0.717, 1.165) is 13.0 Å². The van der Waals surface area contributed by atoms with Crippen LogP contribution in [0.3, 0.4) is 0 Å². The molecule has 0 aliphatic carbocycles. The molecule has 0 radical (unpaired) electrons. The molecule has 0 aromatic carbocycles. The predicted molar refractivity (Wildman–Crippen MR) is 63.7 cm³/mol. The lowest BCUT2D eigenvalue weighted by Gasteiger charge is -2.21. The van der Waals surface area contributed by atoms with Gasteiger partial charge in [-0.2, -0.15) is 0 Å². The van der Waals surface area contributed by atoms with Crippen molar-refractivity contribution in [1.29, 1.82) is 0 Å². The van der Waals surface area contributed by atoms with Gasteiger partial charge in [0.1, 0.15) is 0 Å². The van der Waals surface area contributed by atoms with Crippen LogP contribution in [-0.2, 0) is 4.79 Å². The maximum Gasteiger partial charge on any atom is 0.221 e. The largest absolute Gasteiger partial charge is 0.355 e. The Balaban J connectivity index is 3.55. The van der Waals surface area contributed by atoms with Crippen LogP contribution < -0.4 is 11.1 Å². The first-order valence-electron chi connectivity index (χ1n) is 5.69. The zero-order valence-corrected chi connectivity index (χ0v) is 10.4. The summed E-state index contributed by atoms with van der Waals surface area (Å²) in [6.07, 6.45) is 1.28. The smallest absolute Gasteiger partial charge is 0.221 e. The van der Waals surface area contributed by atoms with Gasteiger partial charge in [-0.05, 0) is 27.3 Å². The van der Waals surface area contributed by atoms with Gasteiger partial charge in [-0.15, -0.1) is 0 Å². The molecule has 0 heterocycles. The Hall–Kier alpha value is -0.610. The van der Waals surface area contributed by atoms with Gasteiger partial charge in [-0.3, -0.25) is 4.79 Å². The highest BCUT2D eigenvalue weighted by atomic mass is 16.1. The van der Waals surface area contributed by atoms with Crippen LogP contribution in [0.25, 0.3) is 0 Å². The molecule has 0 aliphatic rings. The zero-order chi connectivity index (χ0) is 11.8. The summed E-state index contributed by atoms with van der Waals surface area (Å²) in [7, 11) is 2.05. The van der Waals surface area contributed by atoms with E-state index >= 15 is 0 Å². The Morgan fingerprint density at radius 2 is 2.07 bits per heavy atom. The Bertz CT molecular complexity index is 183. The molecule has 90 valence electrons. The van der Waals surface area contributed by atoms with Crippen LogP contribution in [0.4, 0.5) is 0 Å². The highest BCUT2D eigenvalue weighted by Crippen LogP contribution is 1.94. The maximum atomic E-state index is 11.4. The molecule has 3 N–H and O–H groups in total. The van der Waals surface area contributed by atoms with Gasteiger partial charge in [0, 0.05) is 31.6 Å². The molecule has 4 nitrogen and oxygen atoms in total. The second-order valence-corrected chi connectivity index (χ2v) is 4.30. The Kier molecular flexibility index (Phi) is 7.34. The second kappa shape index (κ2) is 7.65. The van der Waals surface area contributed by atoms with Gasteiger partial charge in [0.05, 0.1) is 0 Å². The van der Waals surface area contributed by atoms with Crippen molar-refractivity contribution in [3.05, 3.63) is 0 Å². The van der Waals surface area contributed by atoms with Crippen molar-refractivity contribution in [2.45, 2.75) is 45.7 Å². The van der Waals surface area contributed by atoms with Crippen LogP contribution in [-0.4, -0.2) is 43.0 Å². The fourth-order valence-electron chi connectivity index (χ4n) is 1.08. The number of rotatable bonds is 7. The molecule has 4 heteroatoms. The number of carbonyl (C=O) groups is 1. The third kappa shape index (κ3) is 7.33. The van der Waals surface area contributed by atoms with Crippen LogP contribution in [0.15, 0.2) is 0 Å². The molecule has 0 aromatic rings. The summed E-state index contributed by atoms with van der Waals surface area (Å²) in [4.78, 5) is 13.5. The molecular weight excluding hydrogens is 190 g/mol. The number of hydrogen-bond donors (Lipinski definition) is 2. The number of nitrogens with two attached hydrogens (primary N) is 1. The SMILES string of the molecule is CCC(N)CC(=O)NCCN(C)C(C)C. The van der Waals surface area contributed by atoms with Crippen molar-refractivity contribution in [2.75, 3.05) is 20.1 Å². The summed E-state index contributed by atoms with van der Waals surface area (Å²) in [5.74, 6) is 0.0570. The number of nitrogens with one attached hydrogen (secondary N) is 1. The first-order valence-corrected chi connectivity index (χ1v) is 5.69. The Labute approximate surface area is 93.2 Å². The van der Waals surface area contributed by atoms with Crippen molar-refractivity contribution >= 4 is 5.91 Å². The van der Waals surface area contributed by atoms with Gasteiger partial charge in [-0.25, -0.2) is 0 Å². The van der Waals surface area contributed by atoms with E-state index in [1.165, 1.54) is 0 Å². The van der Waals surface area contributed by atoms with E-state index in [4.69, 9.17) is 5.73 Å². The van der Waals surface area contributed by atoms with Gasteiger partial charge in [-0.1, -0.05) is 6.92 Å².